The second-order valence-corrected chi connectivity index (χ2v) is 4.11. The highest BCUT2D eigenvalue weighted by atomic mass is 16.5. The van der Waals surface area contributed by atoms with Gasteiger partial charge in [-0.05, 0) is 18.2 Å². The first-order chi connectivity index (χ1) is 8.58. The number of phenolic OH excluding ortho intramolecular Hbond substituents is 1. The molecule has 1 amide bonds. The maximum Gasteiger partial charge on any atom is 0.311 e. The fourth-order valence-electron chi connectivity index (χ4n) is 1.84. The molecule has 0 radical (unpaired) electrons. The Hall–Kier alpha value is -2.08. The number of carbonyl (C=O) groups excluding carboxylic acids is 1. The summed E-state index contributed by atoms with van der Waals surface area (Å²) in [5.41, 5.74) is 0.283. The van der Waals surface area contributed by atoms with Crippen LogP contribution in [-0.4, -0.2) is 41.3 Å². The molecule has 1 aliphatic heterocycles. The predicted molar refractivity (Wildman–Crippen MR) is 61.3 cm³/mol. The smallest absolute Gasteiger partial charge is 0.311 e. The lowest BCUT2D eigenvalue weighted by molar-refractivity contribution is -0.142. The second-order valence-electron chi connectivity index (χ2n) is 4.11. The Bertz CT molecular complexity index is 473. The summed E-state index contributed by atoms with van der Waals surface area (Å²) in [7, 11) is 0. The Balaban J connectivity index is 2.05. The molecule has 0 aliphatic carbocycles. The lowest BCUT2D eigenvalue weighted by Gasteiger charge is -2.15. The molecule has 0 aromatic heterocycles. The molecule has 2 unspecified atom stereocenters. The number of rotatable bonds is 3. The number of phenols is 1. The maximum absolute atomic E-state index is 11.9. The van der Waals surface area contributed by atoms with Crippen LogP contribution in [0.1, 0.15) is 10.4 Å². The highest BCUT2D eigenvalue weighted by molar-refractivity contribution is 5.95. The van der Waals surface area contributed by atoms with Crippen LogP contribution in [0.5, 0.6) is 5.75 Å². The number of carboxylic acids is 1. The van der Waals surface area contributed by atoms with Gasteiger partial charge in [0.1, 0.15) is 11.7 Å². The van der Waals surface area contributed by atoms with Crippen molar-refractivity contribution in [3.63, 3.8) is 0 Å². The summed E-state index contributed by atoms with van der Waals surface area (Å²) in [6.07, 6.45) is 0. The third-order valence-electron chi connectivity index (χ3n) is 2.82. The van der Waals surface area contributed by atoms with Crippen LogP contribution in [0.25, 0.3) is 0 Å². The van der Waals surface area contributed by atoms with Gasteiger partial charge >= 0.3 is 5.97 Å². The molecular formula is C12H13NO5. The van der Waals surface area contributed by atoms with Gasteiger partial charge in [0.2, 0.25) is 0 Å². The number of carbonyl (C=O) groups is 2. The van der Waals surface area contributed by atoms with Crippen LogP contribution in [0.15, 0.2) is 24.3 Å². The summed E-state index contributed by atoms with van der Waals surface area (Å²) in [6, 6.07) is 5.32. The summed E-state index contributed by atoms with van der Waals surface area (Å²) < 4.78 is 5.05. The highest BCUT2D eigenvalue weighted by Gasteiger charge is 2.35. The topological polar surface area (TPSA) is 95.9 Å². The number of ether oxygens (including phenoxy) is 1. The summed E-state index contributed by atoms with van der Waals surface area (Å²) in [4.78, 5) is 22.8. The first kappa shape index (κ1) is 12.4. The van der Waals surface area contributed by atoms with Crippen molar-refractivity contribution in [3.05, 3.63) is 29.8 Å². The Labute approximate surface area is 103 Å². The second kappa shape index (κ2) is 5.05. The lowest BCUT2D eigenvalue weighted by Crippen LogP contribution is -2.42. The third kappa shape index (κ3) is 2.60. The Morgan fingerprint density at radius 2 is 2.11 bits per heavy atom. The zero-order chi connectivity index (χ0) is 13.1. The van der Waals surface area contributed by atoms with E-state index < -0.39 is 23.8 Å². The number of aliphatic carboxylic acids is 1. The van der Waals surface area contributed by atoms with Crippen molar-refractivity contribution in [2.75, 3.05) is 13.2 Å². The van der Waals surface area contributed by atoms with Crippen molar-refractivity contribution in [3.8, 4) is 5.75 Å². The van der Waals surface area contributed by atoms with Gasteiger partial charge in [-0.15, -0.1) is 0 Å². The first-order valence-corrected chi connectivity index (χ1v) is 5.48. The average Bonchev–Trinajstić information content (AvgIpc) is 2.77. The number of nitrogens with one attached hydrogen (secondary N) is 1. The zero-order valence-electron chi connectivity index (χ0n) is 9.50. The van der Waals surface area contributed by atoms with Gasteiger partial charge in [-0.1, -0.05) is 6.07 Å². The molecule has 0 bridgehead atoms. The van der Waals surface area contributed by atoms with E-state index in [1.807, 2.05) is 0 Å². The van der Waals surface area contributed by atoms with Crippen LogP contribution in [-0.2, 0) is 9.53 Å². The number of hydrogen-bond acceptors (Lipinski definition) is 4. The zero-order valence-corrected chi connectivity index (χ0v) is 9.50. The normalized spacial score (nSPS) is 22.7. The molecule has 2 atom stereocenters. The molecule has 96 valence electrons. The predicted octanol–water partition coefficient (Wildman–Crippen LogP) is 0.222. The molecule has 6 nitrogen and oxygen atoms in total. The average molecular weight is 251 g/mol. The Kier molecular flexibility index (Phi) is 3.47. The quantitative estimate of drug-likeness (QED) is 0.714. The van der Waals surface area contributed by atoms with Crippen LogP contribution in [0.3, 0.4) is 0 Å². The van der Waals surface area contributed by atoms with E-state index >= 15 is 0 Å². The van der Waals surface area contributed by atoms with Crippen LogP contribution >= 0.6 is 0 Å². The van der Waals surface area contributed by atoms with Crippen LogP contribution in [0.4, 0.5) is 0 Å². The van der Waals surface area contributed by atoms with E-state index in [2.05, 4.69) is 5.32 Å². The maximum atomic E-state index is 11.9. The van der Waals surface area contributed by atoms with E-state index in [0.717, 1.165) is 0 Å². The molecule has 1 aliphatic rings. The Morgan fingerprint density at radius 1 is 1.33 bits per heavy atom. The molecule has 3 N–H and O–H groups in total. The number of amides is 1. The molecule has 0 saturated carbocycles. The monoisotopic (exact) mass is 251 g/mol. The largest absolute Gasteiger partial charge is 0.508 e. The van der Waals surface area contributed by atoms with Gasteiger partial charge in [0.05, 0.1) is 19.3 Å². The van der Waals surface area contributed by atoms with Gasteiger partial charge in [0.25, 0.3) is 5.91 Å². The number of benzene rings is 1. The van der Waals surface area contributed by atoms with Crippen molar-refractivity contribution in [1.82, 2.24) is 5.32 Å². The van der Waals surface area contributed by atoms with Crippen molar-refractivity contribution in [1.29, 1.82) is 0 Å². The molecule has 6 heteroatoms. The molecule has 1 aromatic rings. The van der Waals surface area contributed by atoms with E-state index in [-0.39, 0.29) is 24.5 Å². The molecule has 1 aromatic carbocycles. The number of carboxylic acid groups (broad SMARTS) is 1. The van der Waals surface area contributed by atoms with Crippen LogP contribution < -0.4 is 5.32 Å². The summed E-state index contributed by atoms with van der Waals surface area (Å²) >= 11 is 0. The number of hydrogen-bond donors (Lipinski definition) is 3. The van der Waals surface area contributed by atoms with Gasteiger partial charge in [0, 0.05) is 5.56 Å². The Morgan fingerprint density at radius 3 is 2.78 bits per heavy atom. The SMILES string of the molecule is O=C(NC1COCC1C(=O)O)c1cccc(O)c1. The lowest BCUT2D eigenvalue weighted by atomic mass is 10.0. The van der Waals surface area contributed by atoms with Gasteiger partial charge in [-0.25, -0.2) is 0 Å². The minimum absolute atomic E-state index is 0.0138. The summed E-state index contributed by atoms with van der Waals surface area (Å²) in [6.45, 7) is 0.280. The van der Waals surface area contributed by atoms with E-state index in [0.29, 0.717) is 0 Å². The molecule has 1 heterocycles. The first-order valence-electron chi connectivity index (χ1n) is 5.48. The summed E-state index contributed by atoms with van der Waals surface area (Å²) in [5, 5.41) is 20.8. The van der Waals surface area contributed by atoms with E-state index in [4.69, 9.17) is 9.84 Å². The molecule has 18 heavy (non-hydrogen) atoms. The molecule has 1 saturated heterocycles. The minimum Gasteiger partial charge on any atom is -0.508 e. The number of aromatic hydroxyl groups is 1. The van der Waals surface area contributed by atoms with Crippen molar-refractivity contribution in [2.24, 2.45) is 5.92 Å². The van der Waals surface area contributed by atoms with Gasteiger partial charge in [-0.3, -0.25) is 9.59 Å². The highest BCUT2D eigenvalue weighted by Crippen LogP contribution is 2.16. The van der Waals surface area contributed by atoms with Gasteiger partial charge < -0.3 is 20.3 Å². The van der Waals surface area contributed by atoms with E-state index in [1.165, 1.54) is 12.1 Å². The molecular weight excluding hydrogens is 238 g/mol. The van der Waals surface area contributed by atoms with Gasteiger partial charge in [-0.2, -0.15) is 0 Å². The van der Waals surface area contributed by atoms with E-state index in [1.54, 1.807) is 12.1 Å². The molecule has 0 spiro atoms. The fraction of sp³-hybridized carbons (Fsp3) is 0.333. The fourth-order valence-corrected chi connectivity index (χ4v) is 1.84. The van der Waals surface area contributed by atoms with E-state index in [9.17, 15) is 14.7 Å². The third-order valence-corrected chi connectivity index (χ3v) is 2.82. The molecule has 2 rings (SSSR count). The van der Waals surface area contributed by atoms with Crippen LogP contribution in [0.2, 0.25) is 0 Å². The minimum atomic E-state index is -0.992. The standard InChI is InChI=1S/C12H13NO5/c14-8-3-1-2-7(4-8)11(15)13-10-6-18-5-9(10)12(16)17/h1-4,9-10,14H,5-6H2,(H,13,15)(H,16,17). The summed E-state index contributed by atoms with van der Waals surface area (Å²) in [5.74, 6) is -2.16. The van der Waals surface area contributed by atoms with Crippen molar-refractivity contribution >= 4 is 11.9 Å². The van der Waals surface area contributed by atoms with Crippen LogP contribution in [0, 0.1) is 5.92 Å². The van der Waals surface area contributed by atoms with Gasteiger partial charge in [0.15, 0.2) is 0 Å². The van der Waals surface area contributed by atoms with Crippen molar-refractivity contribution in [2.45, 2.75) is 6.04 Å². The van der Waals surface area contributed by atoms with Crippen molar-refractivity contribution < 1.29 is 24.5 Å². The molecule has 1 fully saturated rings.